The van der Waals surface area contributed by atoms with Crippen LogP contribution in [0.5, 0.6) is 0 Å². The Morgan fingerprint density at radius 3 is 3.12 bits per heavy atom. The van der Waals surface area contributed by atoms with Crippen molar-refractivity contribution in [2.24, 2.45) is 4.99 Å². The van der Waals surface area contributed by atoms with Gasteiger partial charge in [-0.15, -0.1) is 11.3 Å². The van der Waals surface area contributed by atoms with E-state index in [2.05, 4.69) is 40.9 Å². The Kier molecular flexibility index (Phi) is 2.00. The minimum atomic E-state index is 0.509. The lowest BCUT2D eigenvalue weighted by molar-refractivity contribution is 0.808. The van der Waals surface area contributed by atoms with Crippen LogP contribution >= 0.6 is 11.3 Å². The molecule has 0 saturated heterocycles. The van der Waals surface area contributed by atoms with Crippen molar-refractivity contribution in [1.29, 1.82) is 0 Å². The quantitative estimate of drug-likeness (QED) is 0.668. The fourth-order valence-corrected chi connectivity index (χ4v) is 4.13. The maximum absolute atomic E-state index is 4.54. The standard InChI is InChI=1S/C15H13NS/c1-2-4-12-10(3-1)5-6-14-15-11(9-17-14)7-16-8-13(12)15/h1-4,7,9,13H,5-6,8H2. The van der Waals surface area contributed by atoms with E-state index in [0.29, 0.717) is 5.92 Å². The molecular formula is C15H13NS. The van der Waals surface area contributed by atoms with Gasteiger partial charge in [-0.05, 0) is 29.5 Å². The molecule has 0 amide bonds. The molecule has 1 aliphatic carbocycles. The lowest BCUT2D eigenvalue weighted by Crippen LogP contribution is -2.12. The van der Waals surface area contributed by atoms with Crippen LogP contribution in [0.15, 0.2) is 34.6 Å². The van der Waals surface area contributed by atoms with Crippen molar-refractivity contribution in [2.75, 3.05) is 6.54 Å². The van der Waals surface area contributed by atoms with Crippen molar-refractivity contribution >= 4 is 17.6 Å². The van der Waals surface area contributed by atoms with Crippen molar-refractivity contribution in [3.63, 3.8) is 0 Å². The Bertz CT molecular complexity index is 609. The molecular weight excluding hydrogens is 226 g/mol. The van der Waals surface area contributed by atoms with Crippen molar-refractivity contribution in [3.05, 3.63) is 56.8 Å². The predicted molar refractivity (Wildman–Crippen MR) is 72.5 cm³/mol. The van der Waals surface area contributed by atoms with Gasteiger partial charge in [0.05, 0.1) is 0 Å². The van der Waals surface area contributed by atoms with E-state index in [1.807, 2.05) is 11.3 Å². The number of thiophene rings is 1. The average molecular weight is 239 g/mol. The highest BCUT2D eigenvalue weighted by Gasteiger charge is 2.28. The first kappa shape index (κ1) is 9.60. The Labute approximate surface area is 105 Å². The normalized spacial score (nSPS) is 20.6. The minimum Gasteiger partial charge on any atom is -0.292 e. The van der Waals surface area contributed by atoms with E-state index >= 15 is 0 Å². The summed E-state index contributed by atoms with van der Waals surface area (Å²) >= 11 is 1.91. The van der Waals surface area contributed by atoms with E-state index in [1.165, 1.54) is 29.5 Å². The average Bonchev–Trinajstić information content (AvgIpc) is 2.72. The van der Waals surface area contributed by atoms with E-state index < -0.39 is 0 Å². The first-order valence-corrected chi connectivity index (χ1v) is 6.99. The molecule has 0 bridgehead atoms. The molecule has 2 aliphatic rings. The lowest BCUT2D eigenvalue weighted by Gasteiger charge is -2.20. The Hall–Kier alpha value is -1.41. The third-order valence-corrected chi connectivity index (χ3v) is 4.94. The highest BCUT2D eigenvalue weighted by atomic mass is 32.1. The van der Waals surface area contributed by atoms with Crippen molar-refractivity contribution in [1.82, 2.24) is 0 Å². The fraction of sp³-hybridized carbons (Fsp3) is 0.267. The van der Waals surface area contributed by atoms with Crippen LogP contribution in [0.4, 0.5) is 0 Å². The summed E-state index contributed by atoms with van der Waals surface area (Å²) < 4.78 is 0. The van der Waals surface area contributed by atoms with E-state index in [4.69, 9.17) is 0 Å². The predicted octanol–water partition coefficient (Wildman–Crippen LogP) is 3.41. The smallest absolute Gasteiger partial charge is 0.0499 e. The molecule has 0 radical (unpaired) electrons. The second-order valence-corrected chi connectivity index (χ2v) is 5.74. The number of aryl methyl sites for hydroxylation is 2. The molecule has 2 heterocycles. The summed E-state index contributed by atoms with van der Waals surface area (Å²) in [4.78, 5) is 6.12. The first-order valence-electron chi connectivity index (χ1n) is 6.11. The molecule has 1 aliphatic heterocycles. The molecule has 17 heavy (non-hydrogen) atoms. The zero-order valence-corrected chi connectivity index (χ0v) is 10.3. The van der Waals surface area contributed by atoms with Crippen molar-refractivity contribution in [3.8, 4) is 0 Å². The van der Waals surface area contributed by atoms with Crippen LogP contribution in [0.1, 0.15) is 33.0 Å². The van der Waals surface area contributed by atoms with Crippen LogP contribution in [-0.2, 0) is 12.8 Å². The van der Waals surface area contributed by atoms with E-state index in [-0.39, 0.29) is 0 Å². The monoisotopic (exact) mass is 239 g/mol. The molecule has 0 saturated carbocycles. The molecule has 1 aromatic heterocycles. The molecule has 0 N–H and O–H groups in total. The summed E-state index contributed by atoms with van der Waals surface area (Å²) in [5.74, 6) is 0.509. The van der Waals surface area contributed by atoms with Gasteiger partial charge in [0.1, 0.15) is 0 Å². The highest BCUT2D eigenvalue weighted by Crippen LogP contribution is 2.40. The topological polar surface area (TPSA) is 12.4 Å². The molecule has 4 rings (SSSR count). The van der Waals surface area contributed by atoms with Crippen LogP contribution in [-0.4, -0.2) is 12.8 Å². The molecule has 2 heteroatoms. The lowest BCUT2D eigenvalue weighted by atomic mass is 9.87. The summed E-state index contributed by atoms with van der Waals surface area (Å²) in [5.41, 5.74) is 5.94. The number of nitrogens with zero attached hydrogens (tertiary/aromatic N) is 1. The van der Waals surface area contributed by atoms with Gasteiger partial charge in [-0.25, -0.2) is 0 Å². The van der Waals surface area contributed by atoms with Crippen molar-refractivity contribution < 1.29 is 0 Å². The number of benzene rings is 1. The van der Waals surface area contributed by atoms with Crippen LogP contribution < -0.4 is 0 Å². The van der Waals surface area contributed by atoms with Gasteiger partial charge in [0.2, 0.25) is 0 Å². The first-order chi connectivity index (χ1) is 8.43. The third kappa shape index (κ3) is 1.34. The summed E-state index contributed by atoms with van der Waals surface area (Å²) in [6.07, 6.45) is 4.43. The zero-order valence-electron chi connectivity index (χ0n) is 9.52. The number of aliphatic imine (C=N–C) groups is 1. The van der Waals surface area contributed by atoms with Gasteiger partial charge >= 0.3 is 0 Å². The van der Waals surface area contributed by atoms with Gasteiger partial charge in [-0.2, -0.15) is 0 Å². The largest absolute Gasteiger partial charge is 0.292 e. The summed E-state index contributed by atoms with van der Waals surface area (Å²) in [6.45, 7) is 0.924. The number of fused-ring (bicyclic) bond motifs is 2. The minimum absolute atomic E-state index is 0.509. The third-order valence-electron chi connectivity index (χ3n) is 3.86. The van der Waals surface area contributed by atoms with Gasteiger partial charge in [0.15, 0.2) is 0 Å². The van der Waals surface area contributed by atoms with E-state index in [9.17, 15) is 0 Å². The van der Waals surface area contributed by atoms with Gasteiger partial charge in [0.25, 0.3) is 0 Å². The fourth-order valence-electron chi connectivity index (χ4n) is 3.06. The van der Waals surface area contributed by atoms with E-state index in [1.54, 1.807) is 10.4 Å². The van der Waals surface area contributed by atoms with E-state index in [0.717, 1.165) is 6.54 Å². The van der Waals surface area contributed by atoms with Crippen LogP contribution in [0.2, 0.25) is 0 Å². The summed E-state index contributed by atoms with van der Waals surface area (Å²) in [7, 11) is 0. The van der Waals surface area contributed by atoms with Crippen molar-refractivity contribution in [2.45, 2.75) is 18.8 Å². The summed E-state index contributed by atoms with van der Waals surface area (Å²) in [5, 5.41) is 2.27. The molecule has 1 unspecified atom stereocenters. The molecule has 84 valence electrons. The molecule has 2 aromatic rings. The molecule has 1 atom stereocenters. The molecule has 1 nitrogen and oxygen atoms in total. The number of rotatable bonds is 0. The second kappa shape index (κ2) is 3.54. The zero-order chi connectivity index (χ0) is 11.2. The Balaban J connectivity index is 1.99. The number of hydrogen-bond donors (Lipinski definition) is 0. The van der Waals surface area contributed by atoms with Crippen LogP contribution in [0.3, 0.4) is 0 Å². The number of hydrogen-bond acceptors (Lipinski definition) is 2. The second-order valence-electron chi connectivity index (χ2n) is 4.77. The molecule has 0 fully saturated rings. The Morgan fingerprint density at radius 2 is 2.12 bits per heavy atom. The molecule has 1 aromatic carbocycles. The van der Waals surface area contributed by atoms with Gasteiger partial charge < -0.3 is 0 Å². The van der Waals surface area contributed by atoms with Crippen LogP contribution in [0.25, 0.3) is 0 Å². The van der Waals surface area contributed by atoms with Gasteiger partial charge in [0, 0.05) is 34.5 Å². The maximum atomic E-state index is 4.54. The van der Waals surface area contributed by atoms with Crippen LogP contribution in [0, 0.1) is 0 Å². The van der Waals surface area contributed by atoms with Gasteiger partial charge in [-0.3, -0.25) is 4.99 Å². The highest BCUT2D eigenvalue weighted by molar-refractivity contribution is 7.10. The maximum Gasteiger partial charge on any atom is 0.0499 e. The molecule has 0 spiro atoms. The van der Waals surface area contributed by atoms with Gasteiger partial charge in [-0.1, -0.05) is 24.3 Å². The summed E-state index contributed by atoms with van der Waals surface area (Å²) in [6, 6.07) is 8.89. The SMILES string of the molecule is C1=NCC2c3ccccc3CCc3scc1c32. The Morgan fingerprint density at radius 1 is 1.18 bits per heavy atom.